The first-order chi connectivity index (χ1) is 11.1. The van der Waals surface area contributed by atoms with E-state index in [2.05, 4.69) is 37.0 Å². The van der Waals surface area contributed by atoms with Crippen molar-refractivity contribution in [3.63, 3.8) is 0 Å². The molecule has 4 aromatic rings. The van der Waals surface area contributed by atoms with Gasteiger partial charge in [-0.3, -0.25) is 0 Å². The van der Waals surface area contributed by atoms with Gasteiger partial charge in [0.25, 0.3) is 0 Å². The van der Waals surface area contributed by atoms with E-state index >= 15 is 0 Å². The third-order valence-corrected chi connectivity index (χ3v) is 4.32. The van der Waals surface area contributed by atoms with E-state index in [0.717, 1.165) is 33.2 Å². The highest BCUT2D eigenvalue weighted by Gasteiger charge is 2.16. The van der Waals surface area contributed by atoms with Gasteiger partial charge in [-0.15, -0.1) is 0 Å². The molecule has 0 spiro atoms. The molecule has 0 aliphatic carbocycles. The summed E-state index contributed by atoms with van der Waals surface area (Å²) >= 11 is 6.23. The first-order valence-corrected chi connectivity index (χ1v) is 8.09. The normalized spacial score (nSPS) is 11.7. The highest BCUT2D eigenvalue weighted by Crippen LogP contribution is 2.38. The van der Waals surface area contributed by atoms with Gasteiger partial charge < -0.3 is 4.42 Å². The number of nitrogens with zero attached hydrogens (tertiary/aromatic N) is 1. The van der Waals surface area contributed by atoms with Crippen molar-refractivity contribution in [3.05, 3.63) is 65.4 Å². The molecule has 0 unspecified atom stereocenters. The van der Waals surface area contributed by atoms with E-state index in [-0.39, 0.29) is 0 Å². The average molecular weight is 322 g/mol. The second-order valence-corrected chi connectivity index (χ2v) is 6.47. The molecule has 3 heteroatoms. The smallest absolute Gasteiger partial charge is 0.227 e. The number of pyridine rings is 1. The molecule has 0 radical (unpaired) electrons. The molecule has 0 aliphatic rings. The molecule has 0 saturated carbocycles. The highest BCUT2D eigenvalue weighted by molar-refractivity contribution is 6.31. The zero-order valence-electron chi connectivity index (χ0n) is 13.0. The van der Waals surface area contributed by atoms with Gasteiger partial charge in [-0.25, -0.2) is 4.98 Å². The van der Waals surface area contributed by atoms with Crippen LogP contribution in [0.1, 0.15) is 25.5 Å². The molecule has 114 valence electrons. The maximum atomic E-state index is 6.23. The van der Waals surface area contributed by atoms with Crippen LogP contribution >= 0.6 is 11.6 Å². The number of hydrogen-bond donors (Lipinski definition) is 0. The maximum Gasteiger partial charge on any atom is 0.227 e. The lowest BCUT2D eigenvalue weighted by molar-refractivity contribution is 0.514. The van der Waals surface area contributed by atoms with Crippen LogP contribution in [0, 0.1) is 0 Å². The Kier molecular flexibility index (Phi) is 3.35. The van der Waals surface area contributed by atoms with Crippen molar-refractivity contribution in [1.82, 2.24) is 4.98 Å². The lowest BCUT2D eigenvalue weighted by Crippen LogP contribution is -1.86. The van der Waals surface area contributed by atoms with Gasteiger partial charge >= 0.3 is 0 Å². The fourth-order valence-electron chi connectivity index (χ4n) is 2.92. The number of rotatable bonds is 2. The number of aromatic nitrogens is 1. The summed E-state index contributed by atoms with van der Waals surface area (Å²) in [5.74, 6) is 1.27. The summed E-state index contributed by atoms with van der Waals surface area (Å²) in [6, 6.07) is 18.2. The van der Waals surface area contributed by atoms with Gasteiger partial charge in [0.1, 0.15) is 5.76 Å². The Morgan fingerprint density at radius 3 is 2.48 bits per heavy atom. The Hall–Kier alpha value is -2.32. The fourth-order valence-corrected chi connectivity index (χ4v) is 3.10. The molecule has 23 heavy (non-hydrogen) atoms. The van der Waals surface area contributed by atoms with Crippen molar-refractivity contribution in [2.75, 3.05) is 0 Å². The van der Waals surface area contributed by atoms with Gasteiger partial charge in [-0.05, 0) is 29.8 Å². The molecule has 2 nitrogen and oxygen atoms in total. The van der Waals surface area contributed by atoms with Gasteiger partial charge in [0, 0.05) is 27.3 Å². The van der Waals surface area contributed by atoms with E-state index in [1.165, 1.54) is 0 Å². The lowest BCUT2D eigenvalue weighted by atomic mass is 9.98. The van der Waals surface area contributed by atoms with Crippen molar-refractivity contribution < 1.29 is 4.42 Å². The SMILES string of the molecule is CC(C)c1cc2c(-c3ccccc3)c3cc(Cl)ccc3nc2o1. The van der Waals surface area contributed by atoms with Crippen molar-refractivity contribution in [3.8, 4) is 11.1 Å². The van der Waals surface area contributed by atoms with Crippen molar-refractivity contribution in [2.24, 2.45) is 0 Å². The van der Waals surface area contributed by atoms with E-state index in [9.17, 15) is 0 Å². The minimum Gasteiger partial charge on any atom is -0.442 e. The monoisotopic (exact) mass is 321 g/mol. The summed E-state index contributed by atoms with van der Waals surface area (Å²) in [5.41, 5.74) is 3.85. The molecule has 0 atom stereocenters. The summed E-state index contributed by atoms with van der Waals surface area (Å²) in [7, 11) is 0. The van der Waals surface area contributed by atoms with Crippen LogP contribution in [-0.4, -0.2) is 4.98 Å². The number of furan rings is 1. The fraction of sp³-hybridized carbons (Fsp3) is 0.150. The lowest BCUT2D eigenvalue weighted by Gasteiger charge is -2.08. The van der Waals surface area contributed by atoms with Gasteiger partial charge in [-0.1, -0.05) is 55.8 Å². The molecule has 0 fully saturated rings. The van der Waals surface area contributed by atoms with Crippen LogP contribution in [0.25, 0.3) is 33.1 Å². The number of fused-ring (bicyclic) bond motifs is 2. The third-order valence-electron chi connectivity index (χ3n) is 4.08. The van der Waals surface area contributed by atoms with Gasteiger partial charge in [0.05, 0.1) is 5.52 Å². The molecule has 0 aliphatic heterocycles. The number of halogens is 1. The van der Waals surface area contributed by atoms with Gasteiger partial charge in [-0.2, -0.15) is 0 Å². The predicted octanol–water partition coefficient (Wildman–Crippen LogP) is 6.42. The van der Waals surface area contributed by atoms with E-state index in [1.54, 1.807) is 0 Å². The molecule has 0 saturated heterocycles. The first-order valence-electron chi connectivity index (χ1n) is 7.71. The van der Waals surface area contributed by atoms with Crippen LogP contribution in [0.15, 0.2) is 59.0 Å². The second kappa shape index (κ2) is 5.39. The van der Waals surface area contributed by atoms with E-state index in [0.29, 0.717) is 16.7 Å². The molecular weight excluding hydrogens is 306 g/mol. The van der Waals surface area contributed by atoms with Crippen LogP contribution in [0.5, 0.6) is 0 Å². The predicted molar refractivity (Wildman–Crippen MR) is 96.1 cm³/mol. The van der Waals surface area contributed by atoms with Crippen molar-refractivity contribution in [1.29, 1.82) is 0 Å². The van der Waals surface area contributed by atoms with Crippen LogP contribution < -0.4 is 0 Å². The minimum absolute atomic E-state index is 0.319. The Bertz CT molecular complexity index is 1000. The van der Waals surface area contributed by atoms with E-state index < -0.39 is 0 Å². The molecule has 0 bridgehead atoms. The Labute approximate surface area is 139 Å². The largest absolute Gasteiger partial charge is 0.442 e. The number of hydrogen-bond acceptors (Lipinski definition) is 2. The first kappa shape index (κ1) is 14.3. The summed E-state index contributed by atoms with van der Waals surface area (Å²) in [6.45, 7) is 4.24. The molecule has 0 N–H and O–H groups in total. The Balaban J connectivity index is 2.17. The second-order valence-electron chi connectivity index (χ2n) is 6.04. The Morgan fingerprint density at radius 2 is 1.74 bits per heavy atom. The van der Waals surface area contributed by atoms with Gasteiger partial charge in [0.15, 0.2) is 0 Å². The maximum absolute atomic E-state index is 6.23. The topological polar surface area (TPSA) is 26.0 Å². The summed E-state index contributed by atoms with van der Waals surface area (Å²) in [6.07, 6.45) is 0. The summed E-state index contributed by atoms with van der Waals surface area (Å²) in [4.78, 5) is 4.68. The molecule has 2 heterocycles. The Morgan fingerprint density at radius 1 is 0.957 bits per heavy atom. The number of benzene rings is 2. The zero-order chi connectivity index (χ0) is 16.0. The van der Waals surface area contributed by atoms with Crippen molar-refractivity contribution >= 4 is 33.6 Å². The average Bonchev–Trinajstić information content (AvgIpc) is 2.97. The third kappa shape index (κ3) is 2.40. The van der Waals surface area contributed by atoms with E-state index in [1.807, 2.05) is 36.4 Å². The molecule has 2 aromatic heterocycles. The van der Waals surface area contributed by atoms with Crippen LogP contribution in [0.4, 0.5) is 0 Å². The molecule has 4 rings (SSSR count). The van der Waals surface area contributed by atoms with Crippen LogP contribution in [0.3, 0.4) is 0 Å². The summed E-state index contributed by atoms with van der Waals surface area (Å²) < 4.78 is 5.99. The molecule has 0 amide bonds. The molecule has 2 aromatic carbocycles. The molecular formula is C20H16ClNO. The van der Waals surface area contributed by atoms with Crippen molar-refractivity contribution in [2.45, 2.75) is 19.8 Å². The summed E-state index contributed by atoms with van der Waals surface area (Å²) in [5, 5.41) is 2.80. The highest BCUT2D eigenvalue weighted by atomic mass is 35.5. The minimum atomic E-state index is 0.319. The van der Waals surface area contributed by atoms with Gasteiger partial charge in [0.2, 0.25) is 5.71 Å². The van der Waals surface area contributed by atoms with Crippen LogP contribution in [0.2, 0.25) is 5.02 Å². The van der Waals surface area contributed by atoms with E-state index in [4.69, 9.17) is 16.0 Å². The quantitative estimate of drug-likeness (QED) is 0.425. The standard InChI is InChI=1S/C20H16ClNO/c1-12(2)18-11-16-19(13-6-4-3-5-7-13)15-10-14(21)8-9-17(15)22-20(16)23-18/h3-12H,1-2H3. The zero-order valence-corrected chi connectivity index (χ0v) is 13.8. The van der Waals surface area contributed by atoms with Crippen LogP contribution in [-0.2, 0) is 0 Å².